The number of aromatic nitrogens is 1. The number of nitrogens with two attached hydrogens (primary N) is 1. The third kappa shape index (κ3) is 3.01. The molecule has 1 amide bonds. The average Bonchev–Trinajstić information content (AvgIpc) is 2.39. The fourth-order valence-corrected chi connectivity index (χ4v) is 1.75. The topological polar surface area (TPSA) is 88.2 Å². The van der Waals surface area contributed by atoms with Crippen LogP contribution in [0.25, 0.3) is 0 Å². The van der Waals surface area contributed by atoms with Crippen LogP contribution in [-0.2, 0) is 0 Å². The molecule has 98 valence electrons. The van der Waals surface area contributed by atoms with Crippen LogP contribution in [0.1, 0.15) is 29.0 Å². The lowest BCUT2D eigenvalue weighted by Gasteiger charge is -2.14. The lowest BCUT2D eigenvalue weighted by Crippen LogP contribution is -2.28. The van der Waals surface area contributed by atoms with E-state index in [1.807, 2.05) is 13.0 Å². The minimum Gasteiger partial charge on any atom is -0.508 e. The van der Waals surface area contributed by atoms with Gasteiger partial charge in [0.15, 0.2) is 5.69 Å². The van der Waals surface area contributed by atoms with Crippen LogP contribution >= 0.6 is 0 Å². The van der Waals surface area contributed by atoms with Gasteiger partial charge in [0, 0.05) is 6.20 Å². The van der Waals surface area contributed by atoms with E-state index in [4.69, 9.17) is 5.73 Å². The van der Waals surface area contributed by atoms with Gasteiger partial charge in [-0.2, -0.15) is 0 Å². The van der Waals surface area contributed by atoms with Gasteiger partial charge in [0.2, 0.25) is 0 Å². The van der Waals surface area contributed by atoms with Crippen molar-refractivity contribution in [3.8, 4) is 5.75 Å². The highest BCUT2D eigenvalue weighted by molar-refractivity contribution is 5.97. The number of rotatable bonds is 3. The van der Waals surface area contributed by atoms with Gasteiger partial charge in [-0.25, -0.2) is 4.98 Å². The zero-order valence-electron chi connectivity index (χ0n) is 10.5. The standard InChI is InChI=1S/C14H15N3O2/c1-9(10-4-2-5-11(18)8-10)17-14(19)13-12(15)6-3-7-16-13/h2-9,18H,15H2,1H3,(H,17,19). The van der Waals surface area contributed by atoms with Crippen LogP contribution in [0.5, 0.6) is 5.75 Å². The molecule has 0 aliphatic heterocycles. The van der Waals surface area contributed by atoms with E-state index >= 15 is 0 Å². The Morgan fingerprint density at radius 2 is 2.16 bits per heavy atom. The SMILES string of the molecule is CC(NC(=O)c1ncccc1N)c1cccc(O)c1. The number of pyridine rings is 1. The number of hydrogen-bond donors (Lipinski definition) is 3. The molecule has 0 bridgehead atoms. The number of hydrogen-bond acceptors (Lipinski definition) is 4. The van der Waals surface area contributed by atoms with Gasteiger partial charge in [-0.05, 0) is 36.8 Å². The molecule has 0 saturated heterocycles. The first kappa shape index (κ1) is 12.9. The summed E-state index contributed by atoms with van der Waals surface area (Å²) in [4.78, 5) is 16.0. The first-order valence-electron chi connectivity index (χ1n) is 5.88. The van der Waals surface area contributed by atoms with Gasteiger partial charge in [-0.3, -0.25) is 4.79 Å². The number of phenolic OH excluding ortho intramolecular Hbond substituents is 1. The van der Waals surface area contributed by atoms with Gasteiger partial charge < -0.3 is 16.2 Å². The molecule has 4 N–H and O–H groups in total. The molecular weight excluding hydrogens is 242 g/mol. The van der Waals surface area contributed by atoms with E-state index < -0.39 is 0 Å². The maximum Gasteiger partial charge on any atom is 0.272 e. The van der Waals surface area contributed by atoms with Crippen molar-refractivity contribution in [3.63, 3.8) is 0 Å². The highest BCUT2D eigenvalue weighted by Crippen LogP contribution is 2.18. The Labute approximate surface area is 111 Å². The summed E-state index contributed by atoms with van der Waals surface area (Å²) in [6.07, 6.45) is 1.52. The summed E-state index contributed by atoms with van der Waals surface area (Å²) in [5.41, 5.74) is 7.04. The van der Waals surface area contributed by atoms with Gasteiger partial charge in [-0.15, -0.1) is 0 Å². The second-order valence-corrected chi connectivity index (χ2v) is 4.23. The Bertz CT molecular complexity index is 599. The average molecular weight is 257 g/mol. The van der Waals surface area contributed by atoms with Gasteiger partial charge >= 0.3 is 0 Å². The second-order valence-electron chi connectivity index (χ2n) is 4.23. The van der Waals surface area contributed by atoms with E-state index in [1.165, 1.54) is 6.20 Å². The zero-order chi connectivity index (χ0) is 13.8. The molecule has 2 rings (SSSR count). The van der Waals surface area contributed by atoms with Crippen LogP contribution in [0.2, 0.25) is 0 Å². The van der Waals surface area contributed by atoms with Gasteiger partial charge in [0.05, 0.1) is 11.7 Å². The van der Waals surface area contributed by atoms with Crippen LogP contribution in [0.4, 0.5) is 5.69 Å². The molecule has 1 aromatic heterocycles. The third-order valence-electron chi connectivity index (χ3n) is 2.77. The maximum atomic E-state index is 12.0. The highest BCUT2D eigenvalue weighted by Gasteiger charge is 2.14. The van der Waals surface area contributed by atoms with E-state index in [1.54, 1.807) is 30.3 Å². The summed E-state index contributed by atoms with van der Waals surface area (Å²) >= 11 is 0. The number of carbonyl (C=O) groups is 1. The molecule has 1 aromatic carbocycles. The Kier molecular flexibility index (Phi) is 3.66. The number of nitrogens with zero attached hydrogens (tertiary/aromatic N) is 1. The summed E-state index contributed by atoms with van der Waals surface area (Å²) in [5.74, 6) is -0.176. The van der Waals surface area contributed by atoms with Crippen LogP contribution < -0.4 is 11.1 Å². The smallest absolute Gasteiger partial charge is 0.272 e. The van der Waals surface area contributed by atoms with E-state index in [9.17, 15) is 9.90 Å². The van der Waals surface area contributed by atoms with Crippen LogP contribution in [0.15, 0.2) is 42.6 Å². The van der Waals surface area contributed by atoms with Crippen molar-refractivity contribution in [1.82, 2.24) is 10.3 Å². The minimum atomic E-state index is -0.339. The summed E-state index contributed by atoms with van der Waals surface area (Å²) in [7, 11) is 0. The quantitative estimate of drug-likeness (QED) is 0.783. The largest absolute Gasteiger partial charge is 0.508 e. The molecule has 2 aromatic rings. The van der Waals surface area contributed by atoms with Crippen molar-refractivity contribution in [1.29, 1.82) is 0 Å². The van der Waals surface area contributed by atoms with Crippen molar-refractivity contribution >= 4 is 11.6 Å². The number of amides is 1. The van der Waals surface area contributed by atoms with Crippen molar-refractivity contribution < 1.29 is 9.90 Å². The number of benzene rings is 1. The van der Waals surface area contributed by atoms with Crippen molar-refractivity contribution in [2.75, 3.05) is 5.73 Å². The molecule has 0 fully saturated rings. The minimum absolute atomic E-state index is 0.163. The molecular formula is C14H15N3O2. The number of nitrogen functional groups attached to an aromatic ring is 1. The highest BCUT2D eigenvalue weighted by atomic mass is 16.3. The van der Waals surface area contributed by atoms with E-state index in [0.717, 1.165) is 5.56 Å². The zero-order valence-corrected chi connectivity index (χ0v) is 10.5. The Hall–Kier alpha value is -2.56. The second kappa shape index (κ2) is 5.39. The molecule has 19 heavy (non-hydrogen) atoms. The van der Waals surface area contributed by atoms with E-state index in [-0.39, 0.29) is 23.4 Å². The summed E-state index contributed by atoms with van der Waals surface area (Å²) in [6.45, 7) is 1.83. The fraction of sp³-hybridized carbons (Fsp3) is 0.143. The summed E-state index contributed by atoms with van der Waals surface area (Å²) in [6, 6.07) is 9.78. The molecule has 5 heteroatoms. The first-order valence-corrected chi connectivity index (χ1v) is 5.88. The lowest BCUT2D eigenvalue weighted by molar-refractivity contribution is 0.0936. The predicted molar refractivity (Wildman–Crippen MR) is 72.6 cm³/mol. The van der Waals surface area contributed by atoms with E-state index in [0.29, 0.717) is 5.69 Å². The predicted octanol–water partition coefficient (Wildman–Crippen LogP) is 1.86. The molecule has 0 saturated carbocycles. The number of nitrogens with one attached hydrogen (secondary N) is 1. The molecule has 1 heterocycles. The molecule has 1 unspecified atom stereocenters. The van der Waals surface area contributed by atoms with Gasteiger partial charge in [0.25, 0.3) is 5.91 Å². The summed E-state index contributed by atoms with van der Waals surface area (Å²) in [5, 5.41) is 12.2. The van der Waals surface area contributed by atoms with Crippen LogP contribution in [0.3, 0.4) is 0 Å². The first-order chi connectivity index (χ1) is 9.08. The summed E-state index contributed by atoms with van der Waals surface area (Å²) < 4.78 is 0. The Morgan fingerprint density at radius 1 is 1.37 bits per heavy atom. The molecule has 1 atom stereocenters. The van der Waals surface area contributed by atoms with Crippen molar-refractivity contribution in [3.05, 3.63) is 53.9 Å². The Morgan fingerprint density at radius 3 is 2.84 bits per heavy atom. The molecule has 0 radical (unpaired) electrons. The number of phenols is 1. The third-order valence-corrected chi connectivity index (χ3v) is 2.77. The van der Waals surface area contributed by atoms with Crippen molar-refractivity contribution in [2.45, 2.75) is 13.0 Å². The van der Waals surface area contributed by atoms with Crippen LogP contribution in [0, 0.1) is 0 Å². The normalized spacial score (nSPS) is 11.8. The monoisotopic (exact) mass is 257 g/mol. The molecule has 0 spiro atoms. The Balaban J connectivity index is 2.13. The van der Waals surface area contributed by atoms with Crippen molar-refractivity contribution in [2.24, 2.45) is 0 Å². The fourth-order valence-electron chi connectivity index (χ4n) is 1.75. The van der Waals surface area contributed by atoms with E-state index in [2.05, 4.69) is 10.3 Å². The molecule has 5 nitrogen and oxygen atoms in total. The molecule has 0 aliphatic rings. The maximum absolute atomic E-state index is 12.0. The molecule has 0 aliphatic carbocycles. The lowest BCUT2D eigenvalue weighted by atomic mass is 10.1. The number of aromatic hydroxyl groups is 1. The number of anilines is 1. The van der Waals surface area contributed by atoms with Crippen LogP contribution in [-0.4, -0.2) is 16.0 Å². The number of carbonyl (C=O) groups excluding carboxylic acids is 1. The van der Waals surface area contributed by atoms with Gasteiger partial charge in [-0.1, -0.05) is 12.1 Å². The van der Waals surface area contributed by atoms with Gasteiger partial charge in [0.1, 0.15) is 5.75 Å².